The van der Waals surface area contributed by atoms with Gasteiger partial charge in [0.05, 0.1) is 6.42 Å². The largest absolute Gasteiger partial charge is 0.356 e. The van der Waals surface area contributed by atoms with E-state index in [4.69, 9.17) is 0 Å². The molecule has 2 heteroatoms. The summed E-state index contributed by atoms with van der Waals surface area (Å²) in [5.74, 6) is 0.735. The first kappa shape index (κ1) is 13.8. The smallest absolute Gasteiger partial charge is 0.224 e. The number of carbonyl (C=O) groups is 1. The Morgan fingerprint density at radius 3 is 2.59 bits per heavy atom. The number of amides is 1. The maximum Gasteiger partial charge on any atom is 0.224 e. The second-order valence-electron chi connectivity index (χ2n) is 4.65. The number of benzene rings is 1. The normalized spacial score (nSPS) is 10.6. The molecule has 0 aromatic heterocycles. The van der Waals surface area contributed by atoms with Crippen LogP contribution in [0, 0.1) is 12.8 Å². The van der Waals surface area contributed by atoms with Gasteiger partial charge in [-0.2, -0.15) is 0 Å². The Morgan fingerprint density at radius 1 is 1.29 bits per heavy atom. The Balaban J connectivity index is 2.39. The molecule has 1 rings (SSSR count). The third-order valence-corrected chi connectivity index (χ3v) is 3.19. The molecular weight excluding hydrogens is 210 g/mol. The van der Waals surface area contributed by atoms with Crippen LogP contribution in [0.1, 0.15) is 37.8 Å². The van der Waals surface area contributed by atoms with Crippen LogP contribution in [0.5, 0.6) is 0 Å². The Labute approximate surface area is 104 Å². The fraction of sp³-hybridized carbons (Fsp3) is 0.533. The van der Waals surface area contributed by atoms with Gasteiger partial charge in [0.15, 0.2) is 0 Å². The van der Waals surface area contributed by atoms with E-state index >= 15 is 0 Å². The average Bonchev–Trinajstić information content (AvgIpc) is 2.30. The number of hydrogen-bond donors (Lipinski definition) is 1. The molecule has 0 atom stereocenters. The van der Waals surface area contributed by atoms with Gasteiger partial charge in [0.2, 0.25) is 5.91 Å². The van der Waals surface area contributed by atoms with E-state index in [0.717, 1.165) is 24.9 Å². The Hall–Kier alpha value is -1.31. The van der Waals surface area contributed by atoms with E-state index in [1.165, 1.54) is 5.56 Å². The van der Waals surface area contributed by atoms with Crippen LogP contribution in [-0.4, -0.2) is 12.5 Å². The van der Waals surface area contributed by atoms with Crippen LogP contribution in [0.3, 0.4) is 0 Å². The van der Waals surface area contributed by atoms with Crippen molar-refractivity contribution in [1.82, 2.24) is 5.32 Å². The Bertz CT molecular complexity index is 356. The second kappa shape index (κ2) is 7.10. The topological polar surface area (TPSA) is 29.1 Å². The van der Waals surface area contributed by atoms with Crippen LogP contribution >= 0.6 is 0 Å². The highest BCUT2D eigenvalue weighted by molar-refractivity contribution is 5.78. The highest BCUT2D eigenvalue weighted by Crippen LogP contribution is 2.07. The number of aryl methyl sites for hydroxylation is 1. The minimum Gasteiger partial charge on any atom is -0.356 e. The van der Waals surface area contributed by atoms with Crippen molar-refractivity contribution in [3.05, 3.63) is 35.4 Å². The SMILES string of the molecule is CCC(CC)CNC(=O)Cc1cccc(C)c1. The molecule has 0 spiro atoms. The molecule has 0 aliphatic heterocycles. The monoisotopic (exact) mass is 233 g/mol. The molecule has 94 valence electrons. The molecule has 0 fully saturated rings. The molecule has 0 aliphatic carbocycles. The maximum atomic E-state index is 11.7. The molecule has 0 bridgehead atoms. The second-order valence-corrected chi connectivity index (χ2v) is 4.65. The van der Waals surface area contributed by atoms with Gasteiger partial charge in [0.25, 0.3) is 0 Å². The Morgan fingerprint density at radius 2 is 2.00 bits per heavy atom. The highest BCUT2D eigenvalue weighted by atomic mass is 16.1. The first-order chi connectivity index (χ1) is 8.15. The van der Waals surface area contributed by atoms with Crippen LogP contribution in [0.25, 0.3) is 0 Å². The fourth-order valence-corrected chi connectivity index (χ4v) is 1.91. The zero-order chi connectivity index (χ0) is 12.7. The van der Waals surface area contributed by atoms with E-state index in [2.05, 4.69) is 25.2 Å². The quantitative estimate of drug-likeness (QED) is 0.803. The summed E-state index contributed by atoms with van der Waals surface area (Å²) < 4.78 is 0. The molecule has 0 aliphatic rings. The molecule has 1 aromatic rings. The molecule has 0 radical (unpaired) electrons. The lowest BCUT2D eigenvalue weighted by molar-refractivity contribution is -0.120. The zero-order valence-corrected chi connectivity index (χ0v) is 11.1. The predicted octanol–water partition coefficient (Wildman–Crippen LogP) is 3.09. The van der Waals surface area contributed by atoms with Crippen LogP contribution in [0.4, 0.5) is 0 Å². The third-order valence-electron chi connectivity index (χ3n) is 3.19. The lowest BCUT2D eigenvalue weighted by Crippen LogP contribution is -2.30. The summed E-state index contributed by atoms with van der Waals surface area (Å²) in [6.45, 7) is 7.19. The molecule has 17 heavy (non-hydrogen) atoms. The highest BCUT2D eigenvalue weighted by Gasteiger charge is 2.07. The van der Waals surface area contributed by atoms with Crippen molar-refractivity contribution < 1.29 is 4.79 Å². The van der Waals surface area contributed by atoms with Crippen LogP contribution in [-0.2, 0) is 11.2 Å². The van der Waals surface area contributed by atoms with Gasteiger partial charge in [-0.15, -0.1) is 0 Å². The van der Waals surface area contributed by atoms with E-state index < -0.39 is 0 Å². The van der Waals surface area contributed by atoms with Crippen molar-refractivity contribution >= 4 is 5.91 Å². The van der Waals surface area contributed by atoms with Crippen molar-refractivity contribution in [3.8, 4) is 0 Å². The molecule has 1 N–H and O–H groups in total. The van der Waals surface area contributed by atoms with Gasteiger partial charge in [-0.3, -0.25) is 4.79 Å². The zero-order valence-electron chi connectivity index (χ0n) is 11.1. The van der Waals surface area contributed by atoms with Gasteiger partial charge in [0.1, 0.15) is 0 Å². The number of carbonyl (C=O) groups excluding carboxylic acids is 1. The van der Waals surface area contributed by atoms with Crippen molar-refractivity contribution in [2.24, 2.45) is 5.92 Å². The standard InChI is InChI=1S/C15H23NO/c1-4-13(5-2)11-16-15(17)10-14-8-6-7-12(3)9-14/h6-9,13H,4-5,10-11H2,1-3H3,(H,16,17). The first-order valence-corrected chi connectivity index (χ1v) is 6.48. The van der Waals surface area contributed by atoms with Gasteiger partial charge in [0, 0.05) is 6.54 Å². The van der Waals surface area contributed by atoms with Crippen molar-refractivity contribution in [2.75, 3.05) is 6.54 Å². The molecule has 2 nitrogen and oxygen atoms in total. The summed E-state index contributed by atoms with van der Waals surface area (Å²) in [6, 6.07) is 8.12. The first-order valence-electron chi connectivity index (χ1n) is 6.48. The van der Waals surface area contributed by atoms with Gasteiger partial charge < -0.3 is 5.32 Å². The summed E-state index contributed by atoms with van der Waals surface area (Å²) in [6.07, 6.45) is 2.74. The summed E-state index contributed by atoms with van der Waals surface area (Å²) in [5.41, 5.74) is 2.29. The summed E-state index contributed by atoms with van der Waals surface area (Å²) in [4.78, 5) is 11.7. The van der Waals surface area contributed by atoms with Crippen molar-refractivity contribution in [2.45, 2.75) is 40.0 Å². The van der Waals surface area contributed by atoms with Crippen molar-refractivity contribution in [1.29, 1.82) is 0 Å². The van der Waals surface area contributed by atoms with Crippen LogP contribution in [0.2, 0.25) is 0 Å². The minimum absolute atomic E-state index is 0.127. The molecule has 1 aromatic carbocycles. The minimum atomic E-state index is 0.127. The summed E-state index contributed by atoms with van der Waals surface area (Å²) in [5, 5.41) is 3.01. The molecule has 0 unspecified atom stereocenters. The summed E-state index contributed by atoms with van der Waals surface area (Å²) >= 11 is 0. The van der Waals surface area contributed by atoms with Gasteiger partial charge in [-0.05, 0) is 18.4 Å². The number of nitrogens with one attached hydrogen (secondary N) is 1. The van der Waals surface area contributed by atoms with Gasteiger partial charge >= 0.3 is 0 Å². The van der Waals surface area contributed by atoms with E-state index in [-0.39, 0.29) is 5.91 Å². The van der Waals surface area contributed by atoms with Gasteiger partial charge in [-0.1, -0.05) is 56.5 Å². The molecule has 0 saturated carbocycles. The predicted molar refractivity (Wildman–Crippen MR) is 72.0 cm³/mol. The maximum absolute atomic E-state index is 11.7. The van der Waals surface area contributed by atoms with E-state index in [9.17, 15) is 4.79 Å². The fourth-order valence-electron chi connectivity index (χ4n) is 1.91. The Kier molecular flexibility index (Phi) is 5.75. The summed E-state index contributed by atoms with van der Waals surface area (Å²) in [7, 11) is 0. The van der Waals surface area contributed by atoms with Crippen LogP contribution < -0.4 is 5.32 Å². The average molecular weight is 233 g/mol. The van der Waals surface area contributed by atoms with Gasteiger partial charge in [-0.25, -0.2) is 0 Å². The van der Waals surface area contributed by atoms with E-state index in [1.54, 1.807) is 0 Å². The number of hydrogen-bond acceptors (Lipinski definition) is 1. The lowest BCUT2D eigenvalue weighted by atomic mass is 10.0. The number of rotatable bonds is 6. The van der Waals surface area contributed by atoms with E-state index in [1.807, 2.05) is 25.1 Å². The molecule has 0 heterocycles. The lowest BCUT2D eigenvalue weighted by Gasteiger charge is -2.13. The molecular formula is C15H23NO. The van der Waals surface area contributed by atoms with Crippen LogP contribution in [0.15, 0.2) is 24.3 Å². The van der Waals surface area contributed by atoms with E-state index in [0.29, 0.717) is 12.3 Å². The molecule has 1 amide bonds. The molecule has 0 saturated heterocycles. The van der Waals surface area contributed by atoms with Crippen molar-refractivity contribution in [3.63, 3.8) is 0 Å². The third kappa shape index (κ3) is 5.03.